The number of ether oxygens (including phenoxy) is 2. The number of carbonyl (C=O) groups excluding carboxylic acids is 1. The van der Waals surface area contributed by atoms with Gasteiger partial charge in [0.25, 0.3) is 5.91 Å². The maximum atomic E-state index is 12.4. The van der Waals surface area contributed by atoms with Crippen molar-refractivity contribution in [2.45, 2.75) is 13.0 Å². The van der Waals surface area contributed by atoms with Crippen molar-refractivity contribution in [2.24, 2.45) is 0 Å². The maximum absolute atomic E-state index is 12.4. The Bertz CT molecular complexity index is 930. The van der Waals surface area contributed by atoms with E-state index in [1.54, 1.807) is 26.4 Å². The highest BCUT2D eigenvalue weighted by Gasteiger charge is 2.12. The van der Waals surface area contributed by atoms with Crippen molar-refractivity contribution < 1.29 is 14.3 Å². The van der Waals surface area contributed by atoms with Gasteiger partial charge in [0.2, 0.25) is 5.95 Å². The summed E-state index contributed by atoms with van der Waals surface area (Å²) in [6.45, 7) is 1.93. The second-order valence-electron chi connectivity index (χ2n) is 6.10. The van der Waals surface area contributed by atoms with Crippen molar-refractivity contribution in [3.8, 4) is 11.5 Å². The Morgan fingerprint density at radius 3 is 2.29 bits per heavy atom. The van der Waals surface area contributed by atoms with Crippen LogP contribution < -0.4 is 20.1 Å². The molecule has 3 rings (SSSR count). The average molecular weight is 378 g/mol. The Labute approximate surface area is 163 Å². The molecule has 1 heterocycles. The third kappa shape index (κ3) is 4.56. The number of aromatic nitrogens is 2. The lowest BCUT2D eigenvalue weighted by Crippen LogP contribution is -2.26. The van der Waals surface area contributed by atoms with Crippen LogP contribution in [0.4, 0.5) is 11.6 Å². The predicted octanol–water partition coefficient (Wildman–Crippen LogP) is 3.73. The van der Waals surface area contributed by atoms with E-state index in [4.69, 9.17) is 9.47 Å². The van der Waals surface area contributed by atoms with E-state index in [-0.39, 0.29) is 11.9 Å². The van der Waals surface area contributed by atoms with E-state index in [0.717, 1.165) is 11.3 Å². The number of nitrogens with zero attached hydrogens (tertiary/aromatic N) is 2. The third-order valence-electron chi connectivity index (χ3n) is 4.20. The van der Waals surface area contributed by atoms with Gasteiger partial charge in [-0.05, 0) is 24.6 Å². The zero-order chi connectivity index (χ0) is 19.9. The summed E-state index contributed by atoms with van der Waals surface area (Å²) in [5.74, 6) is 1.38. The normalized spacial score (nSPS) is 11.4. The zero-order valence-corrected chi connectivity index (χ0v) is 16.0. The van der Waals surface area contributed by atoms with Crippen LogP contribution in [0.5, 0.6) is 11.5 Å². The van der Waals surface area contributed by atoms with Crippen LogP contribution >= 0.6 is 0 Å². The van der Waals surface area contributed by atoms with Crippen LogP contribution in [0.3, 0.4) is 0 Å². The molecule has 0 aliphatic heterocycles. The molecule has 0 aliphatic carbocycles. The number of nitrogens with one attached hydrogen (secondary N) is 2. The van der Waals surface area contributed by atoms with E-state index in [0.29, 0.717) is 23.0 Å². The van der Waals surface area contributed by atoms with Crippen molar-refractivity contribution in [3.63, 3.8) is 0 Å². The molecule has 2 aromatic carbocycles. The minimum Gasteiger partial charge on any atom is -0.493 e. The Morgan fingerprint density at radius 1 is 0.964 bits per heavy atom. The molecule has 0 aliphatic rings. The predicted molar refractivity (Wildman–Crippen MR) is 107 cm³/mol. The number of rotatable bonds is 7. The highest BCUT2D eigenvalue weighted by Crippen LogP contribution is 2.30. The fourth-order valence-corrected chi connectivity index (χ4v) is 2.66. The Morgan fingerprint density at radius 2 is 1.64 bits per heavy atom. The first-order valence-electron chi connectivity index (χ1n) is 8.77. The van der Waals surface area contributed by atoms with Crippen LogP contribution in [-0.4, -0.2) is 30.1 Å². The molecule has 0 bridgehead atoms. The Hall–Kier alpha value is -3.61. The molecular weight excluding hydrogens is 356 g/mol. The second-order valence-corrected chi connectivity index (χ2v) is 6.10. The number of methoxy groups -OCH3 is 2. The quantitative estimate of drug-likeness (QED) is 0.652. The van der Waals surface area contributed by atoms with Crippen molar-refractivity contribution >= 4 is 17.5 Å². The Balaban J connectivity index is 1.65. The standard InChI is InChI=1S/C21H22N4O3/c1-14(15-7-5-4-6-8-15)24-20(26)16-12-22-21(23-13-16)25-17-9-10-18(27-2)19(11-17)28-3/h4-14H,1-3H3,(H,24,26)(H,22,23,25). The fourth-order valence-electron chi connectivity index (χ4n) is 2.66. The first-order valence-corrected chi connectivity index (χ1v) is 8.77. The van der Waals surface area contributed by atoms with Crippen molar-refractivity contribution in [1.82, 2.24) is 15.3 Å². The van der Waals surface area contributed by atoms with Gasteiger partial charge in [-0.2, -0.15) is 0 Å². The largest absolute Gasteiger partial charge is 0.493 e. The SMILES string of the molecule is COc1ccc(Nc2ncc(C(=O)NC(C)c3ccccc3)cn2)cc1OC. The van der Waals surface area contributed by atoms with Gasteiger partial charge in [-0.3, -0.25) is 4.79 Å². The molecule has 0 spiro atoms. The minimum absolute atomic E-state index is 0.113. The fraction of sp³-hybridized carbons (Fsp3) is 0.190. The van der Waals surface area contributed by atoms with Gasteiger partial charge in [-0.15, -0.1) is 0 Å². The average Bonchev–Trinajstić information content (AvgIpc) is 2.74. The van der Waals surface area contributed by atoms with Gasteiger partial charge in [0.1, 0.15) is 0 Å². The summed E-state index contributed by atoms with van der Waals surface area (Å²) < 4.78 is 10.5. The molecule has 1 atom stereocenters. The summed E-state index contributed by atoms with van der Waals surface area (Å²) in [6.07, 6.45) is 2.98. The minimum atomic E-state index is -0.228. The molecular formula is C21H22N4O3. The summed E-state index contributed by atoms with van der Waals surface area (Å²) in [6, 6.07) is 15.0. The summed E-state index contributed by atoms with van der Waals surface area (Å²) in [5.41, 5.74) is 2.16. The molecule has 144 valence electrons. The molecule has 0 fully saturated rings. The first kappa shape index (κ1) is 19.2. The van der Waals surface area contributed by atoms with Crippen LogP contribution in [0.25, 0.3) is 0 Å². The maximum Gasteiger partial charge on any atom is 0.254 e. The van der Waals surface area contributed by atoms with Gasteiger partial charge >= 0.3 is 0 Å². The van der Waals surface area contributed by atoms with Gasteiger partial charge in [0, 0.05) is 24.1 Å². The van der Waals surface area contributed by atoms with Gasteiger partial charge in [0.15, 0.2) is 11.5 Å². The monoisotopic (exact) mass is 378 g/mol. The lowest BCUT2D eigenvalue weighted by atomic mass is 10.1. The molecule has 2 N–H and O–H groups in total. The number of hydrogen-bond acceptors (Lipinski definition) is 6. The van der Waals surface area contributed by atoms with E-state index in [1.807, 2.05) is 43.3 Å². The van der Waals surface area contributed by atoms with Gasteiger partial charge in [0.05, 0.1) is 25.8 Å². The van der Waals surface area contributed by atoms with Crippen LogP contribution in [-0.2, 0) is 0 Å². The summed E-state index contributed by atoms with van der Waals surface area (Å²) in [7, 11) is 3.15. The van der Waals surface area contributed by atoms with E-state index in [2.05, 4.69) is 20.6 Å². The van der Waals surface area contributed by atoms with Crippen molar-refractivity contribution in [1.29, 1.82) is 0 Å². The number of carbonyl (C=O) groups is 1. The molecule has 7 heteroatoms. The first-order chi connectivity index (χ1) is 13.6. The summed E-state index contributed by atoms with van der Waals surface area (Å²) >= 11 is 0. The van der Waals surface area contributed by atoms with Crippen LogP contribution in [0.15, 0.2) is 60.9 Å². The van der Waals surface area contributed by atoms with Crippen LogP contribution in [0.2, 0.25) is 0 Å². The number of amides is 1. The van der Waals surface area contributed by atoms with E-state index >= 15 is 0 Å². The van der Waals surface area contributed by atoms with Crippen LogP contribution in [0.1, 0.15) is 28.9 Å². The molecule has 1 unspecified atom stereocenters. The van der Waals surface area contributed by atoms with E-state index in [1.165, 1.54) is 12.4 Å². The molecule has 0 radical (unpaired) electrons. The molecule has 1 aromatic heterocycles. The molecule has 0 saturated carbocycles. The smallest absolute Gasteiger partial charge is 0.254 e. The summed E-state index contributed by atoms with van der Waals surface area (Å²) in [4.78, 5) is 20.8. The topological polar surface area (TPSA) is 85.4 Å². The Kier molecular flexibility index (Phi) is 6.06. The molecule has 1 amide bonds. The zero-order valence-electron chi connectivity index (χ0n) is 16.0. The highest BCUT2D eigenvalue weighted by molar-refractivity contribution is 5.93. The molecule has 0 saturated heterocycles. The van der Waals surface area contributed by atoms with Gasteiger partial charge in [-0.25, -0.2) is 9.97 Å². The number of hydrogen-bond donors (Lipinski definition) is 2. The molecule has 3 aromatic rings. The lowest BCUT2D eigenvalue weighted by molar-refractivity contribution is 0.0939. The van der Waals surface area contributed by atoms with E-state index < -0.39 is 0 Å². The molecule has 7 nitrogen and oxygen atoms in total. The van der Waals surface area contributed by atoms with Crippen LogP contribution in [0, 0.1) is 0 Å². The summed E-state index contributed by atoms with van der Waals surface area (Å²) in [5, 5.41) is 6.01. The third-order valence-corrected chi connectivity index (χ3v) is 4.20. The number of anilines is 2. The van der Waals surface area contributed by atoms with Gasteiger partial charge in [-0.1, -0.05) is 30.3 Å². The second kappa shape index (κ2) is 8.85. The van der Waals surface area contributed by atoms with Crippen molar-refractivity contribution in [2.75, 3.05) is 19.5 Å². The van der Waals surface area contributed by atoms with Crippen molar-refractivity contribution in [3.05, 3.63) is 72.1 Å². The number of benzene rings is 2. The van der Waals surface area contributed by atoms with Gasteiger partial charge < -0.3 is 20.1 Å². The lowest BCUT2D eigenvalue weighted by Gasteiger charge is -2.14. The molecule has 28 heavy (non-hydrogen) atoms. The van der Waals surface area contributed by atoms with E-state index in [9.17, 15) is 4.79 Å². The highest BCUT2D eigenvalue weighted by atomic mass is 16.5.